The van der Waals surface area contributed by atoms with E-state index in [4.69, 9.17) is 13.6 Å². The van der Waals surface area contributed by atoms with Crippen molar-refractivity contribution in [2.75, 3.05) is 0 Å². The van der Waals surface area contributed by atoms with Gasteiger partial charge in [0.1, 0.15) is 17.2 Å². The van der Waals surface area contributed by atoms with Crippen LogP contribution in [-0.4, -0.2) is 0 Å². The zero-order chi connectivity index (χ0) is 22.9. The second-order valence-electron chi connectivity index (χ2n) is 8.37. The zero-order valence-corrected chi connectivity index (χ0v) is 20.5. The van der Waals surface area contributed by atoms with Crippen molar-refractivity contribution in [1.29, 1.82) is 0 Å². The number of phosphoric ester groups is 1. The van der Waals surface area contributed by atoms with E-state index in [1.165, 1.54) is 0 Å². The SMILES string of the molecule is Cc1cc(C)c(OP(=O)(Oc2cccc(C)c2C)Oc2c(C)cc(C)cc2C)c(C)c1. The summed E-state index contributed by atoms with van der Waals surface area (Å²) in [6.45, 7) is 15.7. The molecule has 0 unspecified atom stereocenters. The molecule has 0 fully saturated rings. The van der Waals surface area contributed by atoms with Crippen LogP contribution < -0.4 is 13.6 Å². The van der Waals surface area contributed by atoms with Gasteiger partial charge >= 0.3 is 7.82 Å². The van der Waals surface area contributed by atoms with Crippen LogP contribution in [0.2, 0.25) is 0 Å². The zero-order valence-electron chi connectivity index (χ0n) is 19.6. The first kappa shape index (κ1) is 23.0. The van der Waals surface area contributed by atoms with E-state index >= 15 is 0 Å². The van der Waals surface area contributed by atoms with E-state index in [0.717, 1.165) is 44.5 Å². The van der Waals surface area contributed by atoms with E-state index in [9.17, 15) is 4.57 Å². The van der Waals surface area contributed by atoms with E-state index in [1.807, 2.05) is 91.8 Å². The monoisotopic (exact) mass is 438 g/mol. The summed E-state index contributed by atoms with van der Waals surface area (Å²) in [5.74, 6) is 1.51. The summed E-state index contributed by atoms with van der Waals surface area (Å²) in [6.07, 6.45) is 0. The van der Waals surface area contributed by atoms with Gasteiger partial charge in [0.15, 0.2) is 0 Å². The summed E-state index contributed by atoms with van der Waals surface area (Å²) in [4.78, 5) is 0. The Hall–Kier alpha value is -2.71. The van der Waals surface area contributed by atoms with Crippen LogP contribution in [-0.2, 0) is 4.57 Å². The molecule has 0 saturated heterocycles. The lowest BCUT2D eigenvalue weighted by atomic mass is 10.1. The van der Waals surface area contributed by atoms with Crippen LogP contribution in [0.1, 0.15) is 44.5 Å². The van der Waals surface area contributed by atoms with Crippen molar-refractivity contribution < 1.29 is 18.1 Å². The molecule has 0 heterocycles. The molecular weight excluding hydrogens is 407 g/mol. The normalized spacial score (nSPS) is 11.4. The minimum atomic E-state index is -4.07. The Kier molecular flexibility index (Phi) is 6.52. The maximum atomic E-state index is 14.1. The number of rotatable bonds is 6. The average molecular weight is 439 g/mol. The molecule has 3 aromatic carbocycles. The molecule has 0 radical (unpaired) electrons. The van der Waals surface area contributed by atoms with Crippen LogP contribution in [0.4, 0.5) is 0 Å². The van der Waals surface area contributed by atoms with Crippen molar-refractivity contribution in [3.05, 3.63) is 87.0 Å². The average Bonchev–Trinajstić information content (AvgIpc) is 2.65. The Morgan fingerprint density at radius 3 is 1.42 bits per heavy atom. The van der Waals surface area contributed by atoms with Crippen molar-refractivity contribution in [3.8, 4) is 17.2 Å². The molecule has 0 saturated carbocycles. The summed E-state index contributed by atoms with van der Waals surface area (Å²) in [5, 5.41) is 0. The lowest BCUT2D eigenvalue weighted by Gasteiger charge is -2.24. The Morgan fingerprint density at radius 2 is 1.00 bits per heavy atom. The fourth-order valence-corrected chi connectivity index (χ4v) is 5.42. The van der Waals surface area contributed by atoms with Crippen LogP contribution in [0.3, 0.4) is 0 Å². The summed E-state index contributed by atoms with van der Waals surface area (Å²) >= 11 is 0. The first-order valence-corrected chi connectivity index (χ1v) is 11.9. The smallest absolute Gasteiger partial charge is 0.386 e. The molecule has 164 valence electrons. The van der Waals surface area contributed by atoms with Gasteiger partial charge in [-0.25, -0.2) is 0 Å². The molecule has 5 heteroatoms. The largest absolute Gasteiger partial charge is 0.647 e. The Bertz CT molecular complexity index is 1070. The lowest BCUT2D eigenvalue weighted by molar-refractivity contribution is 0.295. The predicted octanol–water partition coefficient (Wildman–Crippen LogP) is 7.80. The third-order valence-corrected chi connectivity index (χ3v) is 6.61. The summed E-state index contributed by atoms with van der Waals surface area (Å²) in [6, 6.07) is 13.6. The minimum Gasteiger partial charge on any atom is -0.386 e. The fraction of sp³-hybridized carbons (Fsp3) is 0.308. The van der Waals surface area contributed by atoms with Crippen molar-refractivity contribution in [1.82, 2.24) is 0 Å². The predicted molar refractivity (Wildman–Crippen MR) is 127 cm³/mol. The molecule has 0 bridgehead atoms. The minimum absolute atomic E-state index is 0.480. The molecule has 0 amide bonds. The van der Waals surface area contributed by atoms with E-state index in [2.05, 4.69) is 0 Å². The molecule has 0 aliphatic carbocycles. The molecule has 0 aliphatic rings. The van der Waals surface area contributed by atoms with Crippen LogP contribution in [0.5, 0.6) is 17.2 Å². The van der Waals surface area contributed by atoms with E-state index < -0.39 is 7.82 Å². The van der Waals surface area contributed by atoms with Gasteiger partial charge in [-0.15, -0.1) is 0 Å². The van der Waals surface area contributed by atoms with E-state index in [1.54, 1.807) is 6.07 Å². The molecule has 0 spiro atoms. The van der Waals surface area contributed by atoms with E-state index in [-0.39, 0.29) is 0 Å². The second-order valence-corrected chi connectivity index (χ2v) is 9.82. The lowest BCUT2D eigenvalue weighted by Crippen LogP contribution is -2.11. The third kappa shape index (κ3) is 5.14. The van der Waals surface area contributed by atoms with Crippen molar-refractivity contribution in [2.45, 2.75) is 55.4 Å². The van der Waals surface area contributed by atoms with E-state index in [0.29, 0.717) is 17.2 Å². The van der Waals surface area contributed by atoms with Gasteiger partial charge in [-0.05, 0) is 94.8 Å². The molecule has 3 aromatic rings. The molecule has 4 nitrogen and oxygen atoms in total. The number of aryl methyl sites for hydroxylation is 7. The van der Waals surface area contributed by atoms with Crippen LogP contribution in [0.15, 0.2) is 42.5 Å². The van der Waals surface area contributed by atoms with Crippen LogP contribution in [0.25, 0.3) is 0 Å². The first-order chi connectivity index (χ1) is 14.5. The van der Waals surface area contributed by atoms with Crippen molar-refractivity contribution in [2.24, 2.45) is 0 Å². The molecule has 31 heavy (non-hydrogen) atoms. The Morgan fingerprint density at radius 1 is 0.581 bits per heavy atom. The number of benzene rings is 3. The number of hydrogen-bond acceptors (Lipinski definition) is 4. The van der Waals surface area contributed by atoms with Gasteiger partial charge in [-0.1, -0.05) is 47.5 Å². The highest BCUT2D eigenvalue weighted by atomic mass is 31.2. The quantitative estimate of drug-likeness (QED) is 0.368. The Balaban J connectivity index is 2.10. The standard InChI is InChI=1S/C26H31O4P/c1-16-12-19(4)25(20(5)13-16)29-31(27,28-24-11-9-10-18(3)23(24)8)30-26-21(6)14-17(2)15-22(26)7/h9-15H,1-8H3. The second kappa shape index (κ2) is 8.80. The maximum absolute atomic E-state index is 14.1. The van der Waals surface area contributed by atoms with Gasteiger partial charge in [-0.2, -0.15) is 4.57 Å². The van der Waals surface area contributed by atoms with Crippen LogP contribution in [0, 0.1) is 55.4 Å². The molecule has 0 aromatic heterocycles. The molecule has 0 aliphatic heterocycles. The summed E-state index contributed by atoms with van der Waals surface area (Å²) < 4.78 is 32.3. The van der Waals surface area contributed by atoms with Gasteiger partial charge in [0.2, 0.25) is 0 Å². The first-order valence-electron chi connectivity index (χ1n) is 10.4. The highest BCUT2D eigenvalue weighted by Gasteiger charge is 2.36. The Labute approximate surface area is 185 Å². The number of phosphoric acid groups is 1. The van der Waals surface area contributed by atoms with Gasteiger partial charge in [0.25, 0.3) is 0 Å². The van der Waals surface area contributed by atoms with Gasteiger partial charge in [0, 0.05) is 0 Å². The van der Waals surface area contributed by atoms with Gasteiger partial charge < -0.3 is 13.6 Å². The maximum Gasteiger partial charge on any atom is 0.647 e. The summed E-state index contributed by atoms with van der Waals surface area (Å²) in [7, 11) is -4.07. The van der Waals surface area contributed by atoms with Gasteiger partial charge in [0.05, 0.1) is 0 Å². The highest BCUT2D eigenvalue weighted by Crippen LogP contribution is 2.53. The number of hydrogen-bond donors (Lipinski definition) is 0. The highest BCUT2D eigenvalue weighted by molar-refractivity contribution is 7.49. The third-order valence-electron chi connectivity index (χ3n) is 5.38. The summed E-state index contributed by atoms with van der Waals surface area (Å²) in [5.41, 5.74) is 7.66. The molecular formula is C26H31O4P. The van der Waals surface area contributed by atoms with Crippen LogP contribution >= 0.6 is 7.82 Å². The van der Waals surface area contributed by atoms with Gasteiger partial charge in [-0.3, -0.25) is 0 Å². The van der Waals surface area contributed by atoms with Crippen molar-refractivity contribution in [3.63, 3.8) is 0 Å². The fourth-order valence-electron chi connectivity index (χ4n) is 3.84. The topological polar surface area (TPSA) is 44.8 Å². The molecule has 0 atom stereocenters. The van der Waals surface area contributed by atoms with Crippen molar-refractivity contribution >= 4 is 7.82 Å². The molecule has 3 rings (SSSR count). The molecule has 0 N–H and O–H groups in total.